The van der Waals surface area contributed by atoms with Crippen molar-refractivity contribution in [3.05, 3.63) is 17.0 Å². The third-order valence-electron chi connectivity index (χ3n) is 3.38. The zero-order valence-electron chi connectivity index (χ0n) is 12.0. The summed E-state index contributed by atoms with van der Waals surface area (Å²) in [6.45, 7) is 6.31. The molecular weight excluding hydrogens is 242 g/mol. The Morgan fingerprint density at radius 3 is 3.05 bits per heavy atom. The maximum absolute atomic E-state index is 11.7. The lowest BCUT2D eigenvalue weighted by Gasteiger charge is -2.13. The van der Waals surface area contributed by atoms with Gasteiger partial charge in [-0.05, 0) is 5.92 Å². The normalized spacial score (nSPS) is 14.5. The molecule has 106 valence electrons. The van der Waals surface area contributed by atoms with Gasteiger partial charge in [0.2, 0.25) is 5.91 Å². The van der Waals surface area contributed by atoms with Gasteiger partial charge in [0.15, 0.2) is 0 Å². The molecule has 19 heavy (non-hydrogen) atoms. The van der Waals surface area contributed by atoms with E-state index in [2.05, 4.69) is 24.3 Å². The van der Waals surface area contributed by atoms with Gasteiger partial charge in [-0.15, -0.1) is 0 Å². The average molecular weight is 265 g/mol. The summed E-state index contributed by atoms with van der Waals surface area (Å²) in [4.78, 5) is 11.7. The molecule has 5 heteroatoms. The molecule has 0 fully saturated rings. The minimum Gasteiger partial charge on any atom is -0.376 e. The van der Waals surface area contributed by atoms with Crippen LogP contribution < -0.4 is 5.32 Å². The predicted octanol–water partition coefficient (Wildman–Crippen LogP) is 1.20. The van der Waals surface area contributed by atoms with Crippen LogP contribution in [-0.2, 0) is 36.0 Å². The van der Waals surface area contributed by atoms with Crippen LogP contribution in [-0.4, -0.2) is 28.8 Å². The summed E-state index contributed by atoms with van der Waals surface area (Å²) in [6, 6.07) is 0. The van der Waals surface area contributed by atoms with E-state index in [-0.39, 0.29) is 5.91 Å². The molecule has 0 aromatic carbocycles. The Morgan fingerprint density at radius 1 is 1.53 bits per heavy atom. The summed E-state index contributed by atoms with van der Waals surface area (Å²) in [5, 5.41) is 7.45. The van der Waals surface area contributed by atoms with Crippen molar-refractivity contribution in [1.29, 1.82) is 0 Å². The van der Waals surface area contributed by atoms with E-state index in [0.717, 1.165) is 25.3 Å². The minimum absolute atomic E-state index is 0.102. The second-order valence-electron chi connectivity index (χ2n) is 5.50. The van der Waals surface area contributed by atoms with E-state index in [1.807, 2.05) is 11.7 Å². The number of nitrogens with zero attached hydrogens (tertiary/aromatic N) is 2. The highest BCUT2D eigenvalue weighted by molar-refractivity contribution is 5.76. The molecule has 1 N–H and O–H groups in total. The monoisotopic (exact) mass is 265 g/mol. The molecule has 0 spiro atoms. The fraction of sp³-hybridized carbons (Fsp3) is 0.714. The summed E-state index contributed by atoms with van der Waals surface area (Å²) in [6.07, 6.45) is 2.10. The van der Waals surface area contributed by atoms with Gasteiger partial charge in [-0.2, -0.15) is 5.10 Å². The van der Waals surface area contributed by atoms with Crippen LogP contribution in [0.25, 0.3) is 0 Å². The minimum atomic E-state index is 0.102. The first-order valence-electron chi connectivity index (χ1n) is 6.96. The number of ether oxygens (including phenoxy) is 1. The number of amides is 1. The molecule has 1 aromatic heterocycles. The van der Waals surface area contributed by atoms with E-state index in [0.29, 0.717) is 25.4 Å². The van der Waals surface area contributed by atoms with Gasteiger partial charge in [0.1, 0.15) is 0 Å². The zero-order chi connectivity index (χ0) is 13.8. The van der Waals surface area contributed by atoms with Crippen LogP contribution in [0.3, 0.4) is 0 Å². The van der Waals surface area contributed by atoms with Crippen molar-refractivity contribution in [2.24, 2.45) is 13.0 Å². The number of hydrogen-bond acceptors (Lipinski definition) is 3. The number of fused-ring (bicyclic) bond motifs is 1. The quantitative estimate of drug-likeness (QED) is 0.870. The number of nitrogens with one attached hydrogen (secondary N) is 1. The molecule has 2 rings (SSSR count). The van der Waals surface area contributed by atoms with E-state index in [9.17, 15) is 4.79 Å². The molecule has 0 atom stereocenters. The van der Waals surface area contributed by atoms with Crippen LogP contribution in [0, 0.1) is 5.92 Å². The highest BCUT2D eigenvalue weighted by atomic mass is 16.5. The first kappa shape index (κ1) is 14.1. The van der Waals surface area contributed by atoms with E-state index in [1.54, 1.807) is 0 Å². The van der Waals surface area contributed by atoms with Gasteiger partial charge in [0.25, 0.3) is 0 Å². The third-order valence-corrected chi connectivity index (χ3v) is 3.38. The first-order valence-corrected chi connectivity index (χ1v) is 6.96. The molecule has 0 aliphatic carbocycles. The Morgan fingerprint density at radius 2 is 2.32 bits per heavy atom. The third kappa shape index (κ3) is 3.56. The van der Waals surface area contributed by atoms with Crippen molar-refractivity contribution in [3.63, 3.8) is 0 Å². The molecule has 1 aliphatic rings. The van der Waals surface area contributed by atoms with Crippen LogP contribution in [0.5, 0.6) is 0 Å². The molecule has 5 nitrogen and oxygen atoms in total. The topological polar surface area (TPSA) is 56.2 Å². The number of carbonyl (C=O) groups is 1. The summed E-state index contributed by atoms with van der Waals surface area (Å²) in [5.74, 6) is 0.588. The SMILES string of the molecule is CC(C)CNC(=O)CCc1nn(C)c2c1COCC2. The Hall–Kier alpha value is -1.36. The number of rotatable bonds is 5. The standard InChI is InChI=1S/C14H23N3O2/c1-10(2)8-15-14(18)5-4-12-11-9-19-7-6-13(11)17(3)16-12/h10H,4-9H2,1-3H3,(H,15,18). The van der Waals surface area contributed by atoms with Crippen molar-refractivity contribution < 1.29 is 9.53 Å². The highest BCUT2D eigenvalue weighted by Crippen LogP contribution is 2.21. The van der Waals surface area contributed by atoms with Gasteiger partial charge >= 0.3 is 0 Å². The van der Waals surface area contributed by atoms with Gasteiger partial charge < -0.3 is 10.1 Å². The number of carbonyl (C=O) groups excluding carboxylic acids is 1. The van der Waals surface area contributed by atoms with Gasteiger partial charge in [0, 0.05) is 44.1 Å². The summed E-state index contributed by atoms with van der Waals surface area (Å²) in [7, 11) is 1.96. The average Bonchev–Trinajstić information content (AvgIpc) is 2.71. The van der Waals surface area contributed by atoms with Crippen LogP contribution in [0.2, 0.25) is 0 Å². The summed E-state index contributed by atoms with van der Waals surface area (Å²) in [5.41, 5.74) is 3.45. The van der Waals surface area contributed by atoms with E-state index in [1.165, 1.54) is 11.3 Å². The lowest BCUT2D eigenvalue weighted by molar-refractivity contribution is -0.121. The van der Waals surface area contributed by atoms with E-state index < -0.39 is 0 Å². The van der Waals surface area contributed by atoms with Crippen molar-refractivity contribution in [2.45, 2.75) is 39.7 Å². The smallest absolute Gasteiger partial charge is 0.220 e. The molecule has 0 bridgehead atoms. The fourth-order valence-corrected chi connectivity index (χ4v) is 2.33. The first-order chi connectivity index (χ1) is 9.08. The van der Waals surface area contributed by atoms with Gasteiger partial charge in [-0.1, -0.05) is 13.8 Å². The number of aryl methyl sites for hydroxylation is 2. The van der Waals surface area contributed by atoms with Crippen molar-refractivity contribution in [2.75, 3.05) is 13.2 Å². The second-order valence-corrected chi connectivity index (χ2v) is 5.50. The Bertz CT molecular complexity index is 452. The molecule has 1 aromatic rings. The summed E-state index contributed by atoms with van der Waals surface area (Å²) < 4.78 is 7.41. The molecule has 0 saturated heterocycles. The largest absolute Gasteiger partial charge is 0.376 e. The zero-order valence-corrected chi connectivity index (χ0v) is 12.0. The van der Waals surface area contributed by atoms with Crippen LogP contribution in [0.1, 0.15) is 37.2 Å². The lowest BCUT2D eigenvalue weighted by Crippen LogP contribution is -2.27. The Kier molecular flexibility index (Phi) is 4.58. The Labute approximate surface area is 114 Å². The molecule has 2 heterocycles. The maximum atomic E-state index is 11.7. The van der Waals surface area contributed by atoms with Crippen LogP contribution in [0.15, 0.2) is 0 Å². The Balaban J connectivity index is 1.91. The fourth-order valence-electron chi connectivity index (χ4n) is 2.33. The van der Waals surface area contributed by atoms with Gasteiger partial charge in [-0.25, -0.2) is 0 Å². The van der Waals surface area contributed by atoms with Crippen molar-refractivity contribution >= 4 is 5.91 Å². The highest BCUT2D eigenvalue weighted by Gasteiger charge is 2.19. The second kappa shape index (κ2) is 6.19. The van der Waals surface area contributed by atoms with Gasteiger partial charge in [-0.3, -0.25) is 9.48 Å². The van der Waals surface area contributed by atoms with Gasteiger partial charge in [0.05, 0.1) is 18.9 Å². The molecule has 0 unspecified atom stereocenters. The molecular formula is C14H23N3O2. The maximum Gasteiger partial charge on any atom is 0.220 e. The van der Waals surface area contributed by atoms with Crippen molar-refractivity contribution in [3.8, 4) is 0 Å². The van der Waals surface area contributed by atoms with Crippen molar-refractivity contribution in [1.82, 2.24) is 15.1 Å². The number of aromatic nitrogens is 2. The lowest BCUT2D eigenvalue weighted by atomic mass is 10.1. The summed E-state index contributed by atoms with van der Waals surface area (Å²) >= 11 is 0. The predicted molar refractivity (Wildman–Crippen MR) is 72.7 cm³/mol. The van der Waals surface area contributed by atoms with E-state index >= 15 is 0 Å². The molecule has 1 amide bonds. The molecule has 0 saturated carbocycles. The van der Waals surface area contributed by atoms with E-state index in [4.69, 9.17) is 4.74 Å². The van der Waals surface area contributed by atoms with Crippen LogP contribution in [0.4, 0.5) is 0 Å². The molecule has 0 radical (unpaired) electrons. The molecule has 1 aliphatic heterocycles. The number of hydrogen-bond donors (Lipinski definition) is 1. The van der Waals surface area contributed by atoms with Crippen LogP contribution >= 0.6 is 0 Å².